The number of benzene rings is 2. The van der Waals surface area contributed by atoms with Gasteiger partial charge < -0.3 is 10.6 Å². The molecular weight excluding hydrogens is 332 g/mol. The van der Waals surface area contributed by atoms with Crippen molar-refractivity contribution in [1.29, 1.82) is 0 Å². The third-order valence-corrected chi connectivity index (χ3v) is 4.30. The van der Waals surface area contributed by atoms with Gasteiger partial charge in [-0.2, -0.15) is 0 Å². The second-order valence-corrected chi connectivity index (χ2v) is 6.03. The Morgan fingerprint density at radius 2 is 1.65 bits per heavy atom. The van der Waals surface area contributed by atoms with Crippen LogP contribution in [0.15, 0.2) is 65.5 Å². The van der Waals surface area contributed by atoms with E-state index in [9.17, 15) is 14.4 Å². The molecule has 0 aliphatic carbocycles. The number of para-hydroxylation sites is 2. The number of nitrogens with one attached hydrogen (secondary N) is 3. The highest BCUT2D eigenvalue weighted by Gasteiger charge is 2.36. The zero-order valence-electron chi connectivity index (χ0n) is 13.7. The van der Waals surface area contributed by atoms with Gasteiger partial charge in [-0.25, -0.2) is 4.68 Å². The Bertz CT molecular complexity index is 1020. The maximum Gasteiger partial charge on any atom is 0.270 e. The summed E-state index contributed by atoms with van der Waals surface area (Å²) < 4.78 is 1.50. The molecule has 0 radical (unpaired) electrons. The summed E-state index contributed by atoms with van der Waals surface area (Å²) in [7, 11) is 0. The monoisotopic (exact) mass is 348 g/mol. The van der Waals surface area contributed by atoms with Crippen molar-refractivity contribution in [2.45, 2.75) is 12.3 Å². The molecule has 1 aliphatic heterocycles. The van der Waals surface area contributed by atoms with E-state index in [-0.39, 0.29) is 23.8 Å². The molecular formula is C19H16N4O3. The Kier molecular flexibility index (Phi) is 3.89. The summed E-state index contributed by atoms with van der Waals surface area (Å²) in [5.41, 5.74) is 1.18. The van der Waals surface area contributed by atoms with Gasteiger partial charge >= 0.3 is 0 Å². The van der Waals surface area contributed by atoms with Crippen LogP contribution in [-0.2, 0) is 9.59 Å². The summed E-state index contributed by atoms with van der Waals surface area (Å²) in [5.74, 6) is -1.24. The Hall–Kier alpha value is -3.61. The molecule has 1 atom stereocenters. The topological polar surface area (TPSA) is 96.0 Å². The molecule has 0 bridgehead atoms. The fourth-order valence-electron chi connectivity index (χ4n) is 3.11. The van der Waals surface area contributed by atoms with Crippen LogP contribution in [0, 0.1) is 0 Å². The molecule has 2 heterocycles. The predicted molar refractivity (Wildman–Crippen MR) is 97.4 cm³/mol. The molecule has 2 amide bonds. The van der Waals surface area contributed by atoms with Gasteiger partial charge in [-0.05, 0) is 24.3 Å². The Morgan fingerprint density at radius 3 is 2.35 bits per heavy atom. The smallest absolute Gasteiger partial charge is 0.270 e. The molecule has 0 fully saturated rings. The van der Waals surface area contributed by atoms with Gasteiger partial charge in [0.15, 0.2) is 0 Å². The van der Waals surface area contributed by atoms with Gasteiger partial charge in [0.1, 0.15) is 5.82 Å². The highest BCUT2D eigenvalue weighted by atomic mass is 16.2. The van der Waals surface area contributed by atoms with Crippen LogP contribution >= 0.6 is 0 Å². The summed E-state index contributed by atoms with van der Waals surface area (Å²) in [6.45, 7) is 0. The van der Waals surface area contributed by atoms with Crippen LogP contribution in [0.1, 0.15) is 17.9 Å². The number of fused-ring (bicyclic) bond motifs is 1. The van der Waals surface area contributed by atoms with Gasteiger partial charge in [0, 0.05) is 12.1 Å². The van der Waals surface area contributed by atoms with Crippen molar-refractivity contribution in [2.24, 2.45) is 0 Å². The fourth-order valence-corrected chi connectivity index (χ4v) is 3.11. The molecule has 3 N–H and O–H groups in total. The van der Waals surface area contributed by atoms with E-state index in [0.717, 1.165) is 0 Å². The fraction of sp³-hybridized carbons (Fsp3) is 0.105. The molecule has 7 nitrogen and oxygen atoms in total. The first kappa shape index (κ1) is 15.9. The SMILES string of the molecule is O=C1C[C@H](C(=O)Nc2ccccc2)c2c(n(-c3ccccc3)[nH]c2=O)N1. The summed E-state index contributed by atoms with van der Waals surface area (Å²) in [4.78, 5) is 37.4. The van der Waals surface area contributed by atoms with Crippen LogP contribution < -0.4 is 16.2 Å². The van der Waals surface area contributed by atoms with Gasteiger partial charge in [-0.15, -0.1) is 0 Å². The van der Waals surface area contributed by atoms with Crippen molar-refractivity contribution in [3.05, 3.63) is 76.6 Å². The molecule has 4 rings (SSSR count). The Balaban J connectivity index is 1.74. The number of aromatic amines is 1. The normalized spacial score (nSPS) is 15.8. The van der Waals surface area contributed by atoms with Crippen LogP contribution in [-0.4, -0.2) is 21.6 Å². The molecule has 0 saturated heterocycles. The number of amides is 2. The average molecular weight is 348 g/mol. The highest BCUT2D eigenvalue weighted by Crippen LogP contribution is 2.32. The van der Waals surface area contributed by atoms with Gasteiger partial charge in [0.05, 0.1) is 17.2 Å². The van der Waals surface area contributed by atoms with Crippen LogP contribution in [0.4, 0.5) is 11.5 Å². The number of anilines is 2. The van der Waals surface area contributed by atoms with E-state index in [2.05, 4.69) is 15.7 Å². The number of nitrogens with zero attached hydrogens (tertiary/aromatic N) is 1. The summed E-state index contributed by atoms with van der Waals surface area (Å²) in [6, 6.07) is 18.0. The minimum Gasteiger partial charge on any atom is -0.326 e. The third-order valence-electron chi connectivity index (χ3n) is 4.30. The van der Waals surface area contributed by atoms with Crippen molar-refractivity contribution >= 4 is 23.3 Å². The minimum absolute atomic E-state index is 0.0758. The van der Waals surface area contributed by atoms with Gasteiger partial charge in [-0.3, -0.25) is 19.5 Å². The van der Waals surface area contributed by atoms with Gasteiger partial charge in [-0.1, -0.05) is 36.4 Å². The van der Waals surface area contributed by atoms with Crippen molar-refractivity contribution in [1.82, 2.24) is 9.78 Å². The molecule has 0 unspecified atom stereocenters. The zero-order chi connectivity index (χ0) is 18.1. The molecule has 2 aromatic carbocycles. The second kappa shape index (κ2) is 6.36. The second-order valence-electron chi connectivity index (χ2n) is 6.03. The minimum atomic E-state index is -0.854. The molecule has 1 aliphatic rings. The lowest BCUT2D eigenvalue weighted by Crippen LogP contribution is -2.33. The van der Waals surface area contributed by atoms with Crippen molar-refractivity contribution < 1.29 is 9.59 Å². The van der Waals surface area contributed by atoms with E-state index < -0.39 is 11.5 Å². The standard InChI is InChI=1S/C19H16N4O3/c24-15-11-14(18(25)20-12-7-3-1-4-8-12)16-17(21-15)23(22-19(16)26)13-9-5-2-6-10-13/h1-10,14H,11H2,(H,20,25)(H,21,24)(H,22,26)/t14-/m0/s1. The molecule has 7 heteroatoms. The first-order valence-electron chi connectivity index (χ1n) is 8.19. The van der Waals surface area contributed by atoms with E-state index >= 15 is 0 Å². The number of carbonyl (C=O) groups excluding carboxylic acids is 2. The summed E-state index contributed by atoms with van der Waals surface area (Å²) in [6.07, 6.45) is -0.0758. The van der Waals surface area contributed by atoms with Crippen LogP contribution in [0.3, 0.4) is 0 Å². The van der Waals surface area contributed by atoms with E-state index in [1.165, 1.54) is 4.68 Å². The van der Waals surface area contributed by atoms with Crippen LogP contribution in [0.2, 0.25) is 0 Å². The Labute approximate surface area is 148 Å². The maximum absolute atomic E-state index is 12.7. The molecule has 3 aromatic rings. The van der Waals surface area contributed by atoms with Crippen LogP contribution in [0.25, 0.3) is 5.69 Å². The van der Waals surface area contributed by atoms with E-state index in [4.69, 9.17) is 0 Å². The number of aromatic nitrogens is 2. The maximum atomic E-state index is 12.7. The number of H-pyrrole nitrogens is 1. The van der Waals surface area contributed by atoms with Crippen molar-refractivity contribution in [3.63, 3.8) is 0 Å². The first-order chi connectivity index (χ1) is 12.6. The lowest BCUT2D eigenvalue weighted by molar-refractivity contribution is -0.123. The Morgan fingerprint density at radius 1 is 1.00 bits per heavy atom. The van der Waals surface area contributed by atoms with Gasteiger partial charge in [0.25, 0.3) is 5.56 Å². The highest BCUT2D eigenvalue weighted by molar-refractivity contribution is 6.04. The summed E-state index contributed by atoms with van der Waals surface area (Å²) in [5, 5.41) is 8.18. The van der Waals surface area contributed by atoms with Gasteiger partial charge in [0.2, 0.25) is 11.8 Å². The van der Waals surface area contributed by atoms with Crippen molar-refractivity contribution in [3.8, 4) is 5.69 Å². The molecule has 26 heavy (non-hydrogen) atoms. The lowest BCUT2D eigenvalue weighted by atomic mass is 9.93. The first-order valence-corrected chi connectivity index (χ1v) is 8.19. The number of hydrogen-bond acceptors (Lipinski definition) is 3. The summed E-state index contributed by atoms with van der Waals surface area (Å²) >= 11 is 0. The lowest BCUT2D eigenvalue weighted by Gasteiger charge is -2.22. The van der Waals surface area contributed by atoms with E-state index in [1.54, 1.807) is 36.4 Å². The van der Waals surface area contributed by atoms with E-state index in [1.807, 2.05) is 24.3 Å². The number of hydrogen-bond donors (Lipinski definition) is 3. The van der Waals surface area contributed by atoms with Crippen molar-refractivity contribution in [2.75, 3.05) is 10.6 Å². The largest absolute Gasteiger partial charge is 0.326 e. The molecule has 130 valence electrons. The van der Waals surface area contributed by atoms with Crippen LogP contribution in [0.5, 0.6) is 0 Å². The number of carbonyl (C=O) groups is 2. The number of rotatable bonds is 3. The van der Waals surface area contributed by atoms with E-state index in [0.29, 0.717) is 17.2 Å². The molecule has 1 aromatic heterocycles. The average Bonchev–Trinajstić information content (AvgIpc) is 2.99. The molecule has 0 spiro atoms. The predicted octanol–water partition coefficient (Wildman–Crippen LogP) is 2.23. The third kappa shape index (κ3) is 2.79. The molecule has 0 saturated carbocycles. The quantitative estimate of drug-likeness (QED) is 0.677. The zero-order valence-corrected chi connectivity index (χ0v) is 13.7.